The fourth-order valence-corrected chi connectivity index (χ4v) is 5.71. The zero-order valence-corrected chi connectivity index (χ0v) is 21.9. The number of sulfonamides is 1. The number of fused-ring (bicyclic) bond motifs is 3. The van der Waals surface area contributed by atoms with E-state index in [9.17, 15) is 13.2 Å². The van der Waals surface area contributed by atoms with Gasteiger partial charge in [0.15, 0.2) is 11.3 Å². The molecule has 0 amide bonds. The lowest BCUT2D eigenvalue weighted by Crippen LogP contribution is -2.33. The van der Waals surface area contributed by atoms with Crippen LogP contribution in [-0.4, -0.2) is 75.2 Å². The average Bonchev–Trinajstić information content (AvgIpc) is 3.66. The van der Waals surface area contributed by atoms with Crippen LogP contribution in [0.15, 0.2) is 34.2 Å². The quantitative estimate of drug-likeness (QED) is 0.301. The minimum Gasteiger partial charge on any atom is -0.493 e. The van der Waals surface area contributed by atoms with Crippen LogP contribution in [0.4, 0.5) is 0 Å². The summed E-state index contributed by atoms with van der Waals surface area (Å²) in [6, 6.07) is 4.75. The van der Waals surface area contributed by atoms with Gasteiger partial charge in [0.05, 0.1) is 17.1 Å². The number of aromatic nitrogens is 6. The van der Waals surface area contributed by atoms with Gasteiger partial charge >= 0.3 is 5.69 Å². The minimum atomic E-state index is -3.75. The number of rotatable bonds is 11. The Morgan fingerprint density at radius 2 is 1.92 bits per heavy atom. The van der Waals surface area contributed by atoms with Gasteiger partial charge in [0, 0.05) is 19.6 Å². The van der Waals surface area contributed by atoms with E-state index < -0.39 is 10.0 Å². The molecule has 5 rings (SSSR count). The second-order valence-corrected chi connectivity index (χ2v) is 11.0. The van der Waals surface area contributed by atoms with Crippen molar-refractivity contribution in [3.05, 3.63) is 35.0 Å². The standard InChI is InChI=1S/C24H32N8O4S/c1-3-10-31-22-20(23-29-25-16-32(23)24(31)33)27-21(28-22)18-15-17(7-8-19(18)36-14-4-2)37(34,35)26-9-13-30-11-5-6-12-30/h7-8,15-16,26H,3-6,9-14H2,1-2H3,(H,27,28). The van der Waals surface area contributed by atoms with Crippen molar-refractivity contribution in [2.45, 2.75) is 51.0 Å². The monoisotopic (exact) mass is 528 g/mol. The molecule has 13 heteroatoms. The van der Waals surface area contributed by atoms with E-state index in [1.54, 1.807) is 22.8 Å². The van der Waals surface area contributed by atoms with Gasteiger partial charge in [-0.3, -0.25) is 4.57 Å². The fourth-order valence-electron chi connectivity index (χ4n) is 4.66. The number of nitrogens with zero attached hydrogens (tertiary/aromatic N) is 6. The van der Waals surface area contributed by atoms with Crippen LogP contribution in [0.2, 0.25) is 0 Å². The highest BCUT2D eigenvalue weighted by Gasteiger charge is 2.22. The molecule has 4 heterocycles. The molecule has 0 aliphatic carbocycles. The summed E-state index contributed by atoms with van der Waals surface area (Å²) in [4.78, 5) is 23.3. The Morgan fingerprint density at radius 3 is 2.68 bits per heavy atom. The Labute approximate surface area is 214 Å². The zero-order valence-electron chi connectivity index (χ0n) is 21.1. The predicted molar refractivity (Wildman–Crippen MR) is 139 cm³/mol. The first kappa shape index (κ1) is 25.4. The third-order valence-electron chi connectivity index (χ3n) is 6.49. The van der Waals surface area contributed by atoms with Gasteiger partial charge in [0.1, 0.15) is 23.4 Å². The molecule has 2 N–H and O–H groups in total. The number of imidazole rings is 1. The number of H-pyrrole nitrogens is 1. The van der Waals surface area contributed by atoms with Crippen molar-refractivity contribution in [3.8, 4) is 17.1 Å². The molecule has 0 radical (unpaired) electrons. The number of hydrogen-bond donors (Lipinski definition) is 2. The Kier molecular flexibility index (Phi) is 7.26. The number of aryl methyl sites for hydroxylation is 1. The Bertz CT molecular complexity index is 1570. The first-order chi connectivity index (χ1) is 17.9. The van der Waals surface area contributed by atoms with Crippen molar-refractivity contribution in [3.63, 3.8) is 0 Å². The molecular formula is C24H32N8O4S. The summed E-state index contributed by atoms with van der Waals surface area (Å²) in [6.07, 6.45) is 5.20. The molecule has 1 aromatic carbocycles. The van der Waals surface area contributed by atoms with Gasteiger partial charge in [-0.15, -0.1) is 10.2 Å². The number of likely N-dealkylation sites (tertiary alicyclic amines) is 1. The van der Waals surface area contributed by atoms with E-state index in [1.165, 1.54) is 10.7 Å². The summed E-state index contributed by atoms with van der Waals surface area (Å²) in [7, 11) is -3.75. The zero-order chi connectivity index (χ0) is 26.0. The number of hydrogen-bond acceptors (Lipinski definition) is 8. The van der Waals surface area contributed by atoms with Gasteiger partial charge in [-0.2, -0.15) is 0 Å². The normalized spacial score (nSPS) is 14.8. The molecule has 0 atom stereocenters. The molecule has 37 heavy (non-hydrogen) atoms. The van der Waals surface area contributed by atoms with Crippen LogP contribution in [0, 0.1) is 0 Å². The first-order valence-electron chi connectivity index (χ1n) is 12.7. The van der Waals surface area contributed by atoms with E-state index in [1.807, 2.05) is 13.8 Å². The molecule has 1 aliphatic rings. The van der Waals surface area contributed by atoms with Crippen molar-refractivity contribution < 1.29 is 13.2 Å². The summed E-state index contributed by atoms with van der Waals surface area (Å²) in [6.45, 7) is 7.92. The lowest BCUT2D eigenvalue weighted by Gasteiger charge is -2.15. The smallest absolute Gasteiger partial charge is 0.336 e. The number of benzene rings is 1. The summed E-state index contributed by atoms with van der Waals surface area (Å²) >= 11 is 0. The number of aromatic amines is 1. The molecular weight excluding hydrogens is 496 g/mol. The maximum Gasteiger partial charge on any atom is 0.336 e. The molecule has 0 bridgehead atoms. The van der Waals surface area contributed by atoms with Crippen LogP contribution < -0.4 is 15.1 Å². The van der Waals surface area contributed by atoms with Gasteiger partial charge in [-0.1, -0.05) is 13.8 Å². The van der Waals surface area contributed by atoms with Crippen molar-refractivity contribution in [1.82, 2.24) is 38.8 Å². The number of ether oxygens (including phenoxy) is 1. The van der Waals surface area contributed by atoms with E-state index in [2.05, 4.69) is 24.8 Å². The van der Waals surface area contributed by atoms with Gasteiger partial charge in [-0.05, 0) is 57.0 Å². The molecule has 1 fully saturated rings. The van der Waals surface area contributed by atoms with Gasteiger partial charge in [0.2, 0.25) is 10.0 Å². The van der Waals surface area contributed by atoms with E-state index in [-0.39, 0.29) is 10.6 Å². The summed E-state index contributed by atoms with van der Waals surface area (Å²) in [5.74, 6) is 0.884. The summed E-state index contributed by atoms with van der Waals surface area (Å²) in [5.41, 5.74) is 1.53. The minimum absolute atomic E-state index is 0.117. The van der Waals surface area contributed by atoms with Gasteiger partial charge in [0.25, 0.3) is 0 Å². The molecule has 198 valence electrons. The van der Waals surface area contributed by atoms with Crippen LogP contribution in [0.25, 0.3) is 28.2 Å². The third kappa shape index (κ3) is 4.98. The van der Waals surface area contributed by atoms with Crippen LogP contribution in [-0.2, 0) is 16.6 Å². The fraction of sp³-hybridized carbons (Fsp3) is 0.500. The van der Waals surface area contributed by atoms with Crippen LogP contribution in [0.5, 0.6) is 5.75 Å². The topological polar surface area (TPSA) is 140 Å². The molecule has 1 saturated heterocycles. The van der Waals surface area contributed by atoms with Gasteiger partial charge in [-0.25, -0.2) is 27.3 Å². The maximum absolute atomic E-state index is 13.1. The molecule has 1 aliphatic heterocycles. The van der Waals surface area contributed by atoms with Crippen LogP contribution in [0.3, 0.4) is 0 Å². The molecule has 12 nitrogen and oxygen atoms in total. The van der Waals surface area contributed by atoms with Crippen molar-refractivity contribution >= 4 is 26.8 Å². The van der Waals surface area contributed by atoms with E-state index in [0.29, 0.717) is 60.2 Å². The van der Waals surface area contributed by atoms with Crippen LogP contribution in [0.1, 0.15) is 39.5 Å². The Morgan fingerprint density at radius 1 is 1.11 bits per heavy atom. The van der Waals surface area contributed by atoms with Gasteiger partial charge < -0.3 is 14.6 Å². The van der Waals surface area contributed by atoms with E-state index in [4.69, 9.17) is 9.72 Å². The molecule has 0 spiro atoms. The van der Waals surface area contributed by atoms with E-state index >= 15 is 0 Å². The molecule has 0 unspecified atom stereocenters. The third-order valence-corrected chi connectivity index (χ3v) is 7.95. The Balaban J connectivity index is 1.56. The van der Waals surface area contributed by atoms with Crippen molar-refractivity contribution in [1.29, 1.82) is 0 Å². The van der Waals surface area contributed by atoms with Crippen molar-refractivity contribution in [2.24, 2.45) is 0 Å². The first-order valence-corrected chi connectivity index (χ1v) is 14.2. The molecule has 0 saturated carbocycles. The Hall–Kier alpha value is -3.29. The average molecular weight is 529 g/mol. The maximum atomic E-state index is 13.1. The highest BCUT2D eigenvalue weighted by Crippen LogP contribution is 2.32. The molecule has 4 aromatic rings. The lowest BCUT2D eigenvalue weighted by molar-refractivity contribution is 0.318. The summed E-state index contributed by atoms with van der Waals surface area (Å²) in [5, 5.41) is 7.99. The van der Waals surface area contributed by atoms with Crippen LogP contribution >= 0.6 is 0 Å². The van der Waals surface area contributed by atoms with Crippen molar-refractivity contribution in [2.75, 3.05) is 32.8 Å². The highest BCUT2D eigenvalue weighted by molar-refractivity contribution is 7.89. The predicted octanol–water partition coefficient (Wildman–Crippen LogP) is 2.01. The summed E-state index contributed by atoms with van der Waals surface area (Å²) < 4.78 is 37.9. The second kappa shape index (κ2) is 10.6. The SMILES string of the molecule is CCCOc1ccc(S(=O)(=O)NCCN2CCCC2)cc1-c1nc2c([nH]1)c1nncn1c(=O)n2CCC. The second-order valence-electron chi connectivity index (χ2n) is 9.20. The molecule has 3 aromatic heterocycles. The van der Waals surface area contributed by atoms with E-state index in [0.717, 1.165) is 38.8 Å². The largest absolute Gasteiger partial charge is 0.493 e. The lowest BCUT2D eigenvalue weighted by atomic mass is 10.2. The highest BCUT2D eigenvalue weighted by atomic mass is 32.2. The number of nitrogens with one attached hydrogen (secondary N) is 2.